The molecule has 0 spiro atoms. The van der Waals surface area contributed by atoms with E-state index in [9.17, 15) is 9.59 Å². The number of benzene rings is 2. The van der Waals surface area contributed by atoms with Gasteiger partial charge < -0.3 is 20.3 Å². The van der Waals surface area contributed by atoms with E-state index in [1.807, 2.05) is 24.3 Å². The topological polar surface area (TPSA) is 70.7 Å². The Kier molecular flexibility index (Phi) is 7.96. The summed E-state index contributed by atoms with van der Waals surface area (Å²) < 4.78 is 5.79. The Morgan fingerprint density at radius 2 is 1.75 bits per heavy atom. The number of carbonyl (C=O) groups excluding carboxylic acids is 2. The van der Waals surface area contributed by atoms with E-state index in [0.29, 0.717) is 24.9 Å². The molecule has 1 aliphatic heterocycles. The van der Waals surface area contributed by atoms with Gasteiger partial charge in [0.05, 0.1) is 10.7 Å². The number of nitrogens with one attached hydrogen (secondary N) is 2. The highest BCUT2D eigenvalue weighted by Gasteiger charge is 2.46. The number of alkyl halides is 1. The Morgan fingerprint density at radius 3 is 2.38 bits per heavy atom. The lowest BCUT2D eigenvalue weighted by molar-refractivity contribution is -0.123. The van der Waals surface area contributed by atoms with Crippen LogP contribution in [0.2, 0.25) is 0 Å². The third kappa shape index (κ3) is 5.15. The van der Waals surface area contributed by atoms with Crippen molar-refractivity contribution in [2.45, 2.75) is 24.8 Å². The average molecular weight is 500 g/mol. The monoisotopic (exact) mass is 499 g/mol. The third-order valence-corrected chi connectivity index (χ3v) is 6.54. The lowest BCUT2D eigenvalue weighted by Gasteiger charge is -2.33. The molecule has 0 bridgehead atoms. The summed E-state index contributed by atoms with van der Waals surface area (Å²) in [5, 5.41) is 5.66. The Hall–Kier alpha value is -2.80. The number of carbonyl (C=O) groups is 2. The number of hydrogen-bond acceptors (Lipinski definition) is 4. The van der Waals surface area contributed by atoms with Crippen molar-refractivity contribution in [3.63, 3.8) is 0 Å². The van der Waals surface area contributed by atoms with Crippen molar-refractivity contribution >= 4 is 27.7 Å². The predicted octanol–water partition coefficient (Wildman–Crippen LogP) is 3.22. The molecule has 0 aliphatic carbocycles. The van der Waals surface area contributed by atoms with Crippen LogP contribution in [-0.4, -0.2) is 54.8 Å². The van der Waals surface area contributed by atoms with Gasteiger partial charge in [0.1, 0.15) is 5.75 Å². The van der Waals surface area contributed by atoms with E-state index >= 15 is 0 Å². The number of likely N-dealkylation sites (tertiary alicyclic amines) is 1. The summed E-state index contributed by atoms with van der Waals surface area (Å²) in [6.07, 6.45) is 0.913. The van der Waals surface area contributed by atoms with Gasteiger partial charge in [0.25, 0.3) is 5.91 Å². The summed E-state index contributed by atoms with van der Waals surface area (Å²) in [5.41, 5.74) is 3.00. The van der Waals surface area contributed by atoms with E-state index in [4.69, 9.17) is 4.74 Å². The van der Waals surface area contributed by atoms with Gasteiger partial charge in [-0.15, -0.1) is 0 Å². The number of halogens is 1. The lowest BCUT2D eigenvalue weighted by atomic mass is 9.71. The molecule has 3 rings (SSSR count). The standard InChI is InChI=1S/C25H30BrN3O3/c1-18-15-25(19(2)29(18)3,20-8-5-4-6-9-20)21-10-7-11-22(14-21)32-17-24(31)28-13-12-27-23(30)16-26/h4-11,14,18H,2,12-13,15-17H2,1,3H3,(H,27,30)(H,28,31). The van der Waals surface area contributed by atoms with E-state index < -0.39 is 0 Å². The van der Waals surface area contributed by atoms with E-state index in [1.165, 1.54) is 5.56 Å². The van der Waals surface area contributed by atoms with Gasteiger partial charge >= 0.3 is 0 Å². The number of allylic oxidation sites excluding steroid dienone is 1. The molecule has 2 N–H and O–H groups in total. The molecule has 2 amide bonds. The van der Waals surface area contributed by atoms with Crippen LogP contribution in [0.3, 0.4) is 0 Å². The zero-order valence-corrected chi connectivity index (χ0v) is 20.2. The Balaban J connectivity index is 1.72. The Bertz CT molecular complexity index is 966. The van der Waals surface area contributed by atoms with Crippen molar-refractivity contribution in [3.8, 4) is 5.75 Å². The normalized spacial score (nSPS) is 20.2. The molecule has 0 radical (unpaired) electrons. The van der Waals surface area contributed by atoms with E-state index in [1.54, 1.807) is 0 Å². The number of hydrogen-bond donors (Lipinski definition) is 2. The average Bonchev–Trinajstić information content (AvgIpc) is 3.05. The predicted molar refractivity (Wildman–Crippen MR) is 130 cm³/mol. The van der Waals surface area contributed by atoms with Gasteiger partial charge in [0, 0.05) is 31.9 Å². The largest absolute Gasteiger partial charge is 0.484 e. The first kappa shape index (κ1) is 23.9. The summed E-state index contributed by atoms with van der Waals surface area (Å²) in [6.45, 7) is 7.29. The summed E-state index contributed by atoms with van der Waals surface area (Å²) in [7, 11) is 2.09. The highest BCUT2D eigenvalue weighted by atomic mass is 79.9. The summed E-state index contributed by atoms with van der Waals surface area (Å²) in [4.78, 5) is 25.5. The van der Waals surface area contributed by atoms with Crippen LogP contribution in [0.25, 0.3) is 0 Å². The van der Waals surface area contributed by atoms with Crippen LogP contribution in [-0.2, 0) is 15.0 Å². The Labute approximate surface area is 198 Å². The quantitative estimate of drug-likeness (QED) is 0.410. The number of rotatable bonds is 9. The second kappa shape index (κ2) is 10.7. The number of likely N-dealkylation sites (N-methyl/N-ethyl adjacent to an activating group) is 1. The smallest absolute Gasteiger partial charge is 0.258 e. The number of amides is 2. The molecule has 1 saturated heterocycles. The molecule has 2 aromatic carbocycles. The van der Waals surface area contributed by atoms with Gasteiger partial charge in [-0.05, 0) is 36.6 Å². The van der Waals surface area contributed by atoms with Gasteiger partial charge in [-0.25, -0.2) is 0 Å². The molecule has 6 nitrogen and oxygen atoms in total. The molecular formula is C25H30BrN3O3. The zero-order valence-electron chi connectivity index (χ0n) is 18.6. The maximum Gasteiger partial charge on any atom is 0.258 e. The number of ether oxygens (including phenoxy) is 1. The van der Waals surface area contributed by atoms with Crippen LogP contribution in [0.4, 0.5) is 0 Å². The van der Waals surface area contributed by atoms with Gasteiger partial charge in [-0.3, -0.25) is 9.59 Å². The fourth-order valence-corrected chi connectivity index (χ4v) is 4.42. The minimum atomic E-state index is -0.343. The van der Waals surface area contributed by atoms with E-state index in [0.717, 1.165) is 17.7 Å². The van der Waals surface area contributed by atoms with Gasteiger partial charge in [0.2, 0.25) is 5.91 Å². The van der Waals surface area contributed by atoms with Crippen LogP contribution in [0.5, 0.6) is 5.75 Å². The number of nitrogens with zero attached hydrogens (tertiary/aromatic N) is 1. The zero-order chi connectivity index (χ0) is 23.1. The molecule has 1 heterocycles. The fraction of sp³-hybridized carbons (Fsp3) is 0.360. The molecule has 0 aromatic heterocycles. The third-order valence-electron chi connectivity index (χ3n) is 6.04. The second-order valence-corrected chi connectivity index (χ2v) is 8.59. The van der Waals surface area contributed by atoms with E-state index in [-0.39, 0.29) is 29.2 Å². The molecule has 7 heteroatoms. The molecular weight excluding hydrogens is 470 g/mol. The van der Waals surface area contributed by atoms with Crippen LogP contribution in [0, 0.1) is 0 Å². The first-order valence-electron chi connectivity index (χ1n) is 10.7. The van der Waals surface area contributed by atoms with Gasteiger partial charge in [-0.2, -0.15) is 0 Å². The van der Waals surface area contributed by atoms with Crippen LogP contribution in [0.15, 0.2) is 66.9 Å². The minimum absolute atomic E-state index is 0.0918. The molecule has 0 saturated carbocycles. The van der Waals surface area contributed by atoms with Gasteiger partial charge in [-0.1, -0.05) is 65.0 Å². The van der Waals surface area contributed by atoms with Crippen molar-refractivity contribution < 1.29 is 14.3 Å². The highest BCUT2D eigenvalue weighted by molar-refractivity contribution is 9.09. The van der Waals surface area contributed by atoms with Crippen LogP contribution >= 0.6 is 15.9 Å². The maximum absolute atomic E-state index is 12.1. The molecule has 2 aromatic rings. The molecule has 1 aliphatic rings. The van der Waals surface area contributed by atoms with Crippen molar-refractivity contribution in [1.82, 2.24) is 15.5 Å². The molecule has 2 atom stereocenters. The molecule has 1 fully saturated rings. The molecule has 32 heavy (non-hydrogen) atoms. The SMILES string of the molecule is C=C1N(C)C(C)CC1(c1ccccc1)c1cccc(OCC(=O)NCCNC(=O)CBr)c1. The Morgan fingerprint density at radius 1 is 1.09 bits per heavy atom. The lowest BCUT2D eigenvalue weighted by Crippen LogP contribution is -2.37. The summed E-state index contributed by atoms with van der Waals surface area (Å²) in [5.74, 6) is 0.281. The fourth-order valence-electron chi connectivity index (χ4n) is 4.23. The summed E-state index contributed by atoms with van der Waals surface area (Å²) in [6, 6.07) is 18.7. The van der Waals surface area contributed by atoms with E-state index in [2.05, 4.69) is 82.3 Å². The second-order valence-electron chi connectivity index (χ2n) is 8.03. The van der Waals surface area contributed by atoms with Crippen molar-refractivity contribution in [2.24, 2.45) is 0 Å². The van der Waals surface area contributed by atoms with Crippen molar-refractivity contribution in [3.05, 3.63) is 78.0 Å². The highest BCUT2D eigenvalue weighted by Crippen LogP contribution is 2.49. The van der Waals surface area contributed by atoms with Crippen molar-refractivity contribution in [2.75, 3.05) is 32.1 Å². The summed E-state index contributed by atoms with van der Waals surface area (Å²) >= 11 is 3.08. The van der Waals surface area contributed by atoms with Crippen molar-refractivity contribution in [1.29, 1.82) is 0 Å². The first-order chi connectivity index (χ1) is 15.4. The maximum atomic E-state index is 12.1. The van der Waals surface area contributed by atoms with Crippen LogP contribution in [0.1, 0.15) is 24.5 Å². The molecule has 2 unspecified atom stereocenters. The van der Waals surface area contributed by atoms with Gasteiger partial charge in [0.15, 0.2) is 6.61 Å². The van der Waals surface area contributed by atoms with Crippen LogP contribution < -0.4 is 15.4 Å². The molecule has 170 valence electrons. The minimum Gasteiger partial charge on any atom is -0.484 e. The first-order valence-corrected chi connectivity index (χ1v) is 11.8.